The maximum absolute atomic E-state index is 10.1. The predicted octanol–water partition coefficient (Wildman–Crippen LogP) is -0.181. The van der Waals surface area contributed by atoms with Crippen LogP contribution in [0, 0.1) is 0 Å². The Hall–Kier alpha value is 4.64. The van der Waals surface area contributed by atoms with E-state index in [2.05, 4.69) is 0 Å². The molecule has 0 heterocycles. The number of alkyl halides is 3. The number of rotatable bonds is 0. The molecule has 0 fully saturated rings. The molecule has 0 aliphatic rings. The van der Waals surface area contributed by atoms with Crippen LogP contribution in [0.15, 0.2) is 0 Å². The summed E-state index contributed by atoms with van der Waals surface area (Å²) < 4.78 is -1.84. The first-order valence-electron chi connectivity index (χ1n) is 4.22. The number of hydrogen-bond acceptors (Lipinski definition) is 3. The van der Waals surface area contributed by atoms with Crippen LogP contribution in [0.2, 0.25) is 0 Å². The minimum Gasteiger partial charge on any atom is -0.842 e. The maximum atomic E-state index is 10.1. The third kappa shape index (κ3) is 333. The average Bonchev–Trinajstić information content (AvgIpc) is 1.41. The van der Waals surface area contributed by atoms with E-state index in [1.165, 1.54) is 0 Å². The molecular formula is C9H20CsCuI3O3. The van der Waals surface area contributed by atoms with E-state index in [1.807, 2.05) is 67.8 Å². The number of hydrogen-bond donors (Lipinski definition) is 2. The minimum absolute atomic E-state index is 0. The van der Waals surface area contributed by atoms with Crippen LogP contribution in [0.1, 0.15) is 41.5 Å². The zero-order valence-electron chi connectivity index (χ0n) is 11.2. The molecule has 0 saturated heterocycles. The van der Waals surface area contributed by atoms with Crippen molar-refractivity contribution in [3.63, 3.8) is 0 Å². The van der Waals surface area contributed by atoms with Gasteiger partial charge in [-0.15, -0.1) is 0 Å². The Morgan fingerprint density at radius 2 is 0.765 bits per heavy atom. The molecule has 1 radical (unpaired) electrons. The third-order valence-corrected chi connectivity index (χ3v) is 0. The predicted molar refractivity (Wildman–Crippen MR) is 88.7 cm³/mol. The third-order valence-electron chi connectivity index (χ3n) is 0. The molecule has 0 bridgehead atoms. The van der Waals surface area contributed by atoms with Crippen LogP contribution < -0.4 is 74.0 Å². The Balaban J connectivity index is -0.0000000400. The van der Waals surface area contributed by atoms with Gasteiger partial charge in [0, 0.05) is 17.1 Å². The normalized spacial score (nSPS) is 10.6. The summed E-state index contributed by atoms with van der Waals surface area (Å²) in [6.07, 6.45) is 0. The Morgan fingerprint density at radius 3 is 0.765 bits per heavy atom. The molecule has 3 nitrogen and oxygen atoms in total. The van der Waals surface area contributed by atoms with Crippen molar-refractivity contribution in [3.05, 3.63) is 0 Å². The molecule has 107 valence electrons. The molecule has 17 heavy (non-hydrogen) atoms. The first kappa shape index (κ1) is 33.3. The van der Waals surface area contributed by atoms with E-state index in [4.69, 9.17) is 10.2 Å². The van der Waals surface area contributed by atoms with Gasteiger partial charge >= 0.3 is 68.9 Å². The van der Waals surface area contributed by atoms with Crippen LogP contribution in [0.5, 0.6) is 0 Å². The molecule has 0 aromatic heterocycles. The summed E-state index contributed by atoms with van der Waals surface area (Å²) in [5.41, 5.74) is 0. The van der Waals surface area contributed by atoms with Crippen LogP contribution >= 0.6 is 67.8 Å². The molecular weight excluding hydrogens is 733 g/mol. The molecule has 0 aromatic carbocycles. The fourth-order valence-corrected chi connectivity index (χ4v) is 0. The molecule has 0 aromatic rings. The maximum Gasteiger partial charge on any atom is 1.00 e. The largest absolute Gasteiger partial charge is 1.00 e. The zero-order valence-corrected chi connectivity index (χ0v) is 24.9. The van der Waals surface area contributed by atoms with Crippen molar-refractivity contribution in [1.82, 2.24) is 0 Å². The van der Waals surface area contributed by atoms with Gasteiger partial charge in [0.1, 0.15) is 7.22 Å². The summed E-state index contributed by atoms with van der Waals surface area (Å²) in [7, 11) is 0. The summed E-state index contributed by atoms with van der Waals surface area (Å²) in [5.74, 6) is 0. The monoisotopic (exact) mass is 753 g/mol. The quantitative estimate of drug-likeness (QED) is 0.205. The standard InChI is InChI=1S/2C3H7IO.C3H6IO.Cs.Cu/c3*1-3(2,4)5;;/h2*5H,1-2H3;1-2H3;;/q;;-1;+1;. The van der Waals surface area contributed by atoms with Gasteiger partial charge in [-0.25, -0.2) is 0 Å². The summed E-state index contributed by atoms with van der Waals surface area (Å²) in [5, 5.41) is 27.1. The Bertz CT molecular complexity index is 107. The van der Waals surface area contributed by atoms with Crippen LogP contribution in [0.25, 0.3) is 0 Å². The van der Waals surface area contributed by atoms with E-state index in [0.29, 0.717) is 0 Å². The Kier molecular flexibility index (Phi) is 30.4. The molecule has 0 spiro atoms. The summed E-state index contributed by atoms with van der Waals surface area (Å²) >= 11 is 5.69. The second-order valence-corrected chi connectivity index (χ2v) is 12.1. The fraction of sp³-hybridized carbons (Fsp3) is 1.00. The molecule has 0 aliphatic heterocycles. The summed E-state index contributed by atoms with van der Waals surface area (Å²) in [4.78, 5) is 0. The number of aliphatic hydroxyl groups is 2. The SMILES string of the molecule is CC(C)(O)I.CC(C)(O)I.CC(C)([O-])I.[Cs+].[Cu]. The molecule has 0 amide bonds. The van der Waals surface area contributed by atoms with E-state index in [9.17, 15) is 5.11 Å². The molecule has 0 aliphatic carbocycles. The second-order valence-electron chi connectivity index (χ2n) is 4.18. The Labute approximate surface area is 216 Å². The van der Waals surface area contributed by atoms with Crippen LogP contribution in [-0.4, -0.2) is 21.0 Å². The van der Waals surface area contributed by atoms with Crippen LogP contribution in [-0.2, 0) is 17.1 Å². The van der Waals surface area contributed by atoms with Crippen molar-refractivity contribution in [2.24, 2.45) is 0 Å². The van der Waals surface area contributed by atoms with E-state index in [0.717, 1.165) is 0 Å². The molecule has 0 unspecified atom stereocenters. The van der Waals surface area contributed by atoms with Crippen molar-refractivity contribution in [2.75, 3.05) is 0 Å². The summed E-state index contributed by atoms with van der Waals surface area (Å²) in [6, 6.07) is 0. The van der Waals surface area contributed by atoms with E-state index < -0.39 is 10.8 Å². The smallest absolute Gasteiger partial charge is 0.842 e. The van der Waals surface area contributed by atoms with Crippen LogP contribution in [0.3, 0.4) is 0 Å². The Morgan fingerprint density at radius 1 is 0.765 bits per heavy atom. The van der Waals surface area contributed by atoms with Crippen molar-refractivity contribution in [2.45, 2.75) is 52.4 Å². The van der Waals surface area contributed by atoms with Crippen molar-refractivity contribution >= 4 is 67.8 Å². The van der Waals surface area contributed by atoms with Gasteiger partial charge in [-0.05, 0) is 72.9 Å². The van der Waals surface area contributed by atoms with Crippen molar-refractivity contribution in [1.29, 1.82) is 0 Å². The first-order valence-corrected chi connectivity index (χ1v) is 7.45. The van der Waals surface area contributed by atoms with Gasteiger partial charge in [0.25, 0.3) is 0 Å². The molecule has 8 heteroatoms. The van der Waals surface area contributed by atoms with E-state index >= 15 is 0 Å². The van der Waals surface area contributed by atoms with Gasteiger partial charge in [-0.2, -0.15) is 0 Å². The average molecular weight is 753 g/mol. The minimum atomic E-state index is -0.780. The topological polar surface area (TPSA) is 63.5 Å². The van der Waals surface area contributed by atoms with Gasteiger partial charge < -0.3 is 15.3 Å². The van der Waals surface area contributed by atoms with Gasteiger partial charge in [0.2, 0.25) is 0 Å². The summed E-state index contributed by atoms with van der Waals surface area (Å²) in [6.45, 7) is 10.2. The second kappa shape index (κ2) is 15.5. The molecule has 0 rings (SSSR count). The van der Waals surface area contributed by atoms with Crippen molar-refractivity contribution < 1.29 is 101 Å². The fourth-order valence-electron chi connectivity index (χ4n) is 0. The van der Waals surface area contributed by atoms with Gasteiger partial charge in [-0.1, -0.05) is 40.0 Å². The molecule has 0 atom stereocenters. The van der Waals surface area contributed by atoms with Crippen molar-refractivity contribution in [3.8, 4) is 0 Å². The molecule has 2 N–H and O–H groups in total. The zero-order chi connectivity index (χ0) is 13.5. The van der Waals surface area contributed by atoms with E-state index in [-0.39, 0.29) is 86.0 Å². The van der Waals surface area contributed by atoms with Gasteiger partial charge in [-0.3, -0.25) is 0 Å². The number of halogens is 3. The van der Waals surface area contributed by atoms with Gasteiger partial charge in [0.15, 0.2) is 0 Å². The first-order chi connectivity index (χ1) is 6.00. The van der Waals surface area contributed by atoms with E-state index in [1.54, 1.807) is 41.5 Å². The van der Waals surface area contributed by atoms with Crippen LogP contribution in [0.4, 0.5) is 0 Å². The van der Waals surface area contributed by atoms with Gasteiger partial charge in [0.05, 0.1) is 0 Å². The molecule has 0 saturated carbocycles.